The highest BCUT2D eigenvalue weighted by Gasteiger charge is 2.29. The SMILES string of the molecule is COc1cc2c(c(OC)c1OC)-c1ccc(NCCCC(=O)Nc3nc(-c4cccnc4)cs3)c(=O)cc1C(NC(C)=O)CC2. The quantitative estimate of drug-likeness (QED) is 0.191. The number of rotatable bonds is 11. The van der Waals surface area contributed by atoms with Crippen LogP contribution in [0.4, 0.5) is 10.8 Å². The minimum absolute atomic E-state index is 0.164. The maximum absolute atomic E-state index is 13.5. The summed E-state index contributed by atoms with van der Waals surface area (Å²) in [7, 11) is 4.68. The van der Waals surface area contributed by atoms with E-state index >= 15 is 0 Å². The minimum Gasteiger partial charge on any atom is -0.493 e. The van der Waals surface area contributed by atoms with Crippen LogP contribution in [0.25, 0.3) is 22.4 Å². The second-order valence-electron chi connectivity index (χ2n) is 10.5. The van der Waals surface area contributed by atoms with Crippen molar-refractivity contribution in [3.05, 3.63) is 75.5 Å². The van der Waals surface area contributed by atoms with Crippen LogP contribution >= 0.6 is 11.3 Å². The van der Waals surface area contributed by atoms with Gasteiger partial charge in [-0.15, -0.1) is 11.3 Å². The number of anilines is 2. The maximum atomic E-state index is 13.5. The first-order chi connectivity index (χ1) is 21.8. The summed E-state index contributed by atoms with van der Waals surface area (Å²) in [6.07, 6.45) is 5.34. The molecule has 0 fully saturated rings. The number of pyridine rings is 1. The molecule has 0 spiro atoms. The first kappa shape index (κ1) is 31.5. The molecule has 1 aliphatic rings. The molecule has 45 heavy (non-hydrogen) atoms. The molecule has 0 bridgehead atoms. The average Bonchev–Trinajstić information content (AvgIpc) is 3.38. The zero-order valence-corrected chi connectivity index (χ0v) is 26.4. The predicted octanol–water partition coefficient (Wildman–Crippen LogP) is 5.21. The van der Waals surface area contributed by atoms with E-state index in [9.17, 15) is 14.4 Å². The van der Waals surface area contributed by atoms with Crippen LogP contribution in [-0.4, -0.2) is 49.7 Å². The fourth-order valence-electron chi connectivity index (χ4n) is 5.49. The molecule has 0 aliphatic heterocycles. The van der Waals surface area contributed by atoms with Crippen molar-refractivity contribution in [1.82, 2.24) is 15.3 Å². The van der Waals surface area contributed by atoms with Gasteiger partial charge in [0.15, 0.2) is 16.6 Å². The summed E-state index contributed by atoms with van der Waals surface area (Å²) < 4.78 is 17.1. The second kappa shape index (κ2) is 14.2. The Labute approximate surface area is 265 Å². The Kier molecular flexibility index (Phi) is 9.93. The van der Waals surface area contributed by atoms with Crippen molar-refractivity contribution in [3.63, 3.8) is 0 Å². The fraction of sp³-hybridized carbons (Fsp3) is 0.303. The molecule has 2 amide bonds. The van der Waals surface area contributed by atoms with E-state index in [2.05, 4.69) is 25.9 Å². The zero-order chi connectivity index (χ0) is 31.9. The highest BCUT2D eigenvalue weighted by molar-refractivity contribution is 7.14. The third-order valence-electron chi connectivity index (χ3n) is 7.52. The summed E-state index contributed by atoms with van der Waals surface area (Å²) in [5.41, 5.74) is 4.94. The zero-order valence-electron chi connectivity index (χ0n) is 25.6. The molecule has 5 rings (SSSR count). The van der Waals surface area contributed by atoms with Gasteiger partial charge in [-0.3, -0.25) is 19.4 Å². The van der Waals surface area contributed by atoms with E-state index in [0.29, 0.717) is 59.4 Å². The molecular weight excluding hydrogens is 594 g/mol. The predicted molar refractivity (Wildman–Crippen MR) is 174 cm³/mol. The number of carbonyl (C=O) groups excluding carboxylic acids is 2. The van der Waals surface area contributed by atoms with Gasteiger partial charge < -0.3 is 30.2 Å². The van der Waals surface area contributed by atoms with Gasteiger partial charge in [-0.1, -0.05) is 6.07 Å². The largest absolute Gasteiger partial charge is 0.493 e. The molecule has 234 valence electrons. The molecule has 4 aromatic rings. The molecule has 2 aromatic heterocycles. The molecule has 0 saturated carbocycles. The molecule has 11 nitrogen and oxygen atoms in total. The Morgan fingerprint density at radius 1 is 1.07 bits per heavy atom. The van der Waals surface area contributed by atoms with Crippen LogP contribution in [0.1, 0.15) is 43.4 Å². The number of methoxy groups -OCH3 is 3. The topological polar surface area (TPSA) is 141 Å². The van der Waals surface area contributed by atoms with E-state index in [4.69, 9.17) is 14.2 Å². The highest BCUT2D eigenvalue weighted by Crippen LogP contribution is 2.50. The van der Waals surface area contributed by atoms with E-state index < -0.39 is 6.04 Å². The summed E-state index contributed by atoms with van der Waals surface area (Å²) in [4.78, 5) is 46.8. The third kappa shape index (κ3) is 7.07. The van der Waals surface area contributed by atoms with Crippen LogP contribution in [0.2, 0.25) is 0 Å². The van der Waals surface area contributed by atoms with Crippen molar-refractivity contribution >= 4 is 34.0 Å². The number of nitrogens with zero attached hydrogens (tertiary/aromatic N) is 2. The number of amides is 2. The fourth-order valence-corrected chi connectivity index (χ4v) is 6.22. The van der Waals surface area contributed by atoms with E-state index in [-0.39, 0.29) is 23.7 Å². The van der Waals surface area contributed by atoms with Crippen LogP contribution in [0.5, 0.6) is 17.2 Å². The maximum Gasteiger partial charge on any atom is 0.226 e. The first-order valence-corrected chi connectivity index (χ1v) is 15.4. The Hall–Kier alpha value is -4.97. The highest BCUT2D eigenvalue weighted by atomic mass is 32.1. The number of aryl methyl sites for hydroxylation is 1. The Morgan fingerprint density at radius 2 is 1.89 bits per heavy atom. The van der Waals surface area contributed by atoms with Crippen molar-refractivity contribution in [1.29, 1.82) is 0 Å². The summed E-state index contributed by atoms with van der Waals surface area (Å²) >= 11 is 1.35. The molecule has 1 aliphatic carbocycles. The number of carbonyl (C=O) groups is 2. The second-order valence-corrected chi connectivity index (χ2v) is 11.3. The lowest BCUT2D eigenvalue weighted by atomic mass is 9.95. The summed E-state index contributed by atoms with van der Waals surface area (Å²) in [6, 6.07) is 10.4. The number of hydrogen-bond donors (Lipinski definition) is 3. The molecule has 1 unspecified atom stereocenters. The van der Waals surface area contributed by atoms with Gasteiger partial charge in [0, 0.05) is 48.8 Å². The number of ether oxygens (including phenoxy) is 3. The van der Waals surface area contributed by atoms with Crippen molar-refractivity contribution in [2.45, 2.75) is 38.6 Å². The lowest BCUT2D eigenvalue weighted by molar-refractivity contribution is -0.119. The van der Waals surface area contributed by atoms with E-state index in [1.165, 1.54) is 18.3 Å². The standard InChI is InChI=1S/C33H35N5O6S/c1-19(39)36-24-11-9-20-15-28(42-2)31(43-3)32(44-4)30(20)22-10-12-25(27(40)16-23(22)24)35-14-6-8-29(41)38-33-37-26(18-45-33)21-7-5-13-34-17-21/h5,7,10,12-13,15-18,24H,6,8-9,11,14H2,1-4H3,(H,35,40)(H,36,39)(H,37,38,41). The Bertz CT molecular complexity index is 1760. The van der Waals surface area contributed by atoms with Crippen molar-refractivity contribution < 1.29 is 23.8 Å². The minimum atomic E-state index is -0.396. The van der Waals surface area contributed by atoms with Gasteiger partial charge in [0.1, 0.15) is 0 Å². The normalized spacial score (nSPS) is 13.5. The molecule has 2 aromatic carbocycles. The van der Waals surface area contributed by atoms with Gasteiger partial charge in [-0.2, -0.15) is 0 Å². The van der Waals surface area contributed by atoms with Crippen molar-refractivity contribution in [3.8, 4) is 39.6 Å². The number of benzene rings is 1. The summed E-state index contributed by atoms with van der Waals surface area (Å²) in [5, 5.41) is 11.4. The summed E-state index contributed by atoms with van der Waals surface area (Å²) in [5.74, 6) is 1.11. The van der Waals surface area contributed by atoms with E-state index in [0.717, 1.165) is 27.9 Å². The smallest absolute Gasteiger partial charge is 0.226 e. The number of fused-ring (bicyclic) bond motifs is 3. The van der Waals surface area contributed by atoms with Gasteiger partial charge >= 0.3 is 0 Å². The molecule has 3 N–H and O–H groups in total. The van der Waals surface area contributed by atoms with Gasteiger partial charge in [0.05, 0.1) is 38.8 Å². The number of thiazole rings is 1. The monoisotopic (exact) mass is 629 g/mol. The molecule has 2 heterocycles. The van der Waals surface area contributed by atoms with E-state index in [1.807, 2.05) is 29.6 Å². The lowest BCUT2D eigenvalue weighted by Gasteiger charge is -2.19. The number of nitrogens with one attached hydrogen (secondary N) is 3. The molecule has 0 saturated heterocycles. The molecule has 12 heteroatoms. The number of hydrogen-bond acceptors (Lipinski definition) is 10. The number of aromatic nitrogens is 2. The Morgan fingerprint density at radius 3 is 2.60 bits per heavy atom. The molecular formula is C33H35N5O6S. The average molecular weight is 630 g/mol. The third-order valence-corrected chi connectivity index (χ3v) is 8.28. The molecule has 1 atom stereocenters. The van der Waals surface area contributed by atoms with Crippen molar-refractivity contribution in [2.24, 2.45) is 0 Å². The van der Waals surface area contributed by atoms with Crippen LogP contribution < -0.4 is 35.6 Å². The van der Waals surface area contributed by atoms with Crippen molar-refractivity contribution in [2.75, 3.05) is 38.5 Å². The van der Waals surface area contributed by atoms with Crippen LogP contribution in [-0.2, 0) is 16.0 Å². The van der Waals surface area contributed by atoms with Crippen LogP contribution in [0, 0.1) is 0 Å². The summed E-state index contributed by atoms with van der Waals surface area (Å²) in [6.45, 7) is 1.86. The first-order valence-electron chi connectivity index (χ1n) is 14.5. The molecule has 0 radical (unpaired) electrons. The van der Waals surface area contributed by atoms with Gasteiger partial charge in [0.2, 0.25) is 23.0 Å². The van der Waals surface area contributed by atoms with Gasteiger partial charge in [-0.25, -0.2) is 4.98 Å². The van der Waals surface area contributed by atoms with Gasteiger partial charge in [-0.05, 0) is 66.3 Å². The van der Waals surface area contributed by atoms with Crippen LogP contribution in [0.15, 0.2) is 59.0 Å². The Balaban J connectivity index is 1.34. The lowest BCUT2D eigenvalue weighted by Crippen LogP contribution is -2.26. The van der Waals surface area contributed by atoms with Gasteiger partial charge in [0.25, 0.3) is 0 Å². The van der Waals surface area contributed by atoms with E-state index in [1.54, 1.807) is 45.9 Å². The van der Waals surface area contributed by atoms with Crippen LogP contribution in [0.3, 0.4) is 0 Å².